The molecule has 45 heavy (non-hydrogen) atoms. The molecule has 0 spiro atoms. The first-order valence-electron chi connectivity index (χ1n) is 14.3. The van der Waals surface area contributed by atoms with Gasteiger partial charge in [-0.15, -0.1) is 0 Å². The van der Waals surface area contributed by atoms with Crippen LogP contribution in [0.2, 0.25) is 0 Å². The van der Waals surface area contributed by atoms with Crippen molar-refractivity contribution in [2.45, 2.75) is 43.9 Å². The number of aliphatic hydroxyl groups excluding tert-OH is 1. The summed E-state index contributed by atoms with van der Waals surface area (Å²) >= 11 is 0. The zero-order chi connectivity index (χ0) is 32.6. The molecule has 0 aromatic heterocycles. The van der Waals surface area contributed by atoms with E-state index in [0.717, 1.165) is 48.5 Å². The standard InChI is InChI=1S/C31H37F2N5O6S/c1-45(42,43)37-29-17-26(7-9-31(29)41)44-19-25(40)16-22(34)14-20-2-5-23(6-3-20)35-24-10-12-38(13-11-24)36-30(18-39)27-15-21(32)4-8-28(27)33/h2-9,15,17,22,24-25,35-37,40-41H,10-14,16,19,34H2,1H3. The van der Waals surface area contributed by atoms with Gasteiger partial charge in [-0.2, -0.15) is 0 Å². The molecule has 0 bridgehead atoms. The summed E-state index contributed by atoms with van der Waals surface area (Å²) in [5, 5.41) is 25.5. The molecule has 1 fully saturated rings. The number of benzene rings is 3. The number of ether oxygens (including phenoxy) is 1. The average molecular weight is 646 g/mol. The molecule has 7 N–H and O–H groups in total. The number of phenols is 1. The van der Waals surface area contributed by atoms with Gasteiger partial charge in [0.15, 0.2) is 5.94 Å². The van der Waals surface area contributed by atoms with Crippen LogP contribution in [0.1, 0.15) is 30.4 Å². The summed E-state index contributed by atoms with van der Waals surface area (Å²) in [6, 6.07) is 14.7. The van der Waals surface area contributed by atoms with Crippen molar-refractivity contribution in [2.75, 3.05) is 36.0 Å². The monoisotopic (exact) mass is 645 g/mol. The Morgan fingerprint density at radius 1 is 1.11 bits per heavy atom. The molecule has 1 saturated heterocycles. The van der Waals surface area contributed by atoms with Crippen LogP contribution >= 0.6 is 0 Å². The second-order valence-electron chi connectivity index (χ2n) is 11.0. The second-order valence-corrected chi connectivity index (χ2v) is 12.8. The number of nitrogens with two attached hydrogens (primary N) is 1. The largest absolute Gasteiger partial charge is 0.506 e. The Morgan fingerprint density at radius 2 is 1.82 bits per heavy atom. The fourth-order valence-corrected chi connectivity index (χ4v) is 5.54. The number of rotatable bonds is 14. The van der Waals surface area contributed by atoms with Crippen molar-refractivity contribution >= 4 is 33.0 Å². The van der Waals surface area contributed by atoms with Crippen LogP contribution in [0.4, 0.5) is 20.2 Å². The molecule has 4 rings (SSSR count). The van der Waals surface area contributed by atoms with Gasteiger partial charge in [-0.05, 0) is 73.7 Å². The number of piperidine rings is 1. The van der Waals surface area contributed by atoms with Gasteiger partial charge >= 0.3 is 0 Å². The first kappa shape index (κ1) is 33.7. The lowest BCUT2D eigenvalue weighted by molar-refractivity contribution is 0.0939. The number of phenolic OH excluding ortho intramolecular Hbond substituents is 1. The van der Waals surface area contributed by atoms with Crippen LogP contribution in [0.3, 0.4) is 0 Å². The Morgan fingerprint density at radius 3 is 2.49 bits per heavy atom. The van der Waals surface area contributed by atoms with E-state index >= 15 is 0 Å². The zero-order valence-corrected chi connectivity index (χ0v) is 25.5. The molecule has 0 amide bonds. The first-order chi connectivity index (χ1) is 21.4. The minimum Gasteiger partial charge on any atom is -0.506 e. The number of hydrogen-bond acceptors (Lipinski definition) is 10. The highest BCUT2D eigenvalue weighted by Gasteiger charge is 2.22. The van der Waals surface area contributed by atoms with E-state index in [4.69, 9.17) is 10.5 Å². The van der Waals surface area contributed by atoms with Crippen molar-refractivity contribution in [3.8, 4) is 11.5 Å². The summed E-state index contributed by atoms with van der Waals surface area (Å²) in [7, 11) is -3.59. The SMILES string of the molecule is CS(=O)(=O)Nc1cc(OCC(O)CC(N)Cc2ccc(NC3CCN(NC(=C=O)c4cc(F)ccc4F)CC3)cc2)ccc1O. The molecular formula is C31H37F2N5O6S. The molecule has 2 atom stereocenters. The number of halogens is 2. The third-order valence-electron chi connectivity index (χ3n) is 7.17. The van der Waals surface area contributed by atoms with Gasteiger partial charge in [0.1, 0.15) is 35.4 Å². The summed E-state index contributed by atoms with van der Waals surface area (Å²) in [5.41, 5.74) is 10.7. The number of carbonyl (C=O) groups excluding carboxylic acids is 1. The van der Waals surface area contributed by atoms with Gasteiger partial charge in [-0.25, -0.2) is 27.0 Å². The van der Waals surface area contributed by atoms with Crippen molar-refractivity contribution < 1.29 is 36.9 Å². The molecule has 11 nitrogen and oxygen atoms in total. The maximum absolute atomic E-state index is 14.1. The minimum atomic E-state index is -3.59. The quantitative estimate of drug-likeness (QED) is 0.113. The van der Waals surface area contributed by atoms with Crippen molar-refractivity contribution in [2.24, 2.45) is 5.73 Å². The maximum atomic E-state index is 14.1. The van der Waals surface area contributed by atoms with Crippen molar-refractivity contribution in [1.82, 2.24) is 10.4 Å². The fraction of sp³-hybridized carbons (Fsp3) is 0.355. The van der Waals surface area contributed by atoms with E-state index in [9.17, 15) is 32.2 Å². The maximum Gasteiger partial charge on any atom is 0.229 e. The number of sulfonamides is 1. The van der Waals surface area contributed by atoms with E-state index < -0.39 is 27.8 Å². The Hall–Kier alpha value is -4.20. The van der Waals surface area contributed by atoms with Gasteiger partial charge in [-0.3, -0.25) is 4.72 Å². The highest BCUT2D eigenvalue weighted by molar-refractivity contribution is 7.92. The van der Waals surface area contributed by atoms with Gasteiger partial charge in [0, 0.05) is 42.5 Å². The number of anilines is 2. The van der Waals surface area contributed by atoms with Crippen molar-refractivity contribution in [3.63, 3.8) is 0 Å². The van der Waals surface area contributed by atoms with Crippen LogP contribution in [0.25, 0.3) is 5.70 Å². The highest BCUT2D eigenvalue weighted by Crippen LogP contribution is 2.29. The molecule has 14 heteroatoms. The summed E-state index contributed by atoms with van der Waals surface area (Å²) < 4.78 is 58.3. The van der Waals surface area contributed by atoms with Gasteiger partial charge in [0.2, 0.25) is 10.0 Å². The molecule has 1 aliphatic heterocycles. The van der Waals surface area contributed by atoms with Gasteiger partial charge in [0.25, 0.3) is 0 Å². The van der Waals surface area contributed by atoms with E-state index in [1.807, 2.05) is 24.3 Å². The Kier molecular flexibility index (Phi) is 11.4. The van der Waals surface area contributed by atoms with E-state index in [1.54, 1.807) is 11.0 Å². The molecule has 3 aromatic rings. The number of hydrogen-bond donors (Lipinski definition) is 6. The summed E-state index contributed by atoms with van der Waals surface area (Å²) in [6.07, 6.45) is 2.39. The third kappa shape index (κ3) is 10.4. The molecular weight excluding hydrogens is 608 g/mol. The molecule has 3 aromatic carbocycles. The third-order valence-corrected chi connectivity index (χ3v) is 7.76. The topological polar surface area (TPSA) is 166 Å². The van der Waals surface area contributed by atoms with Crippen LogP contribution in [0.15, 0.2) is 60.7 Å². The van der Waals surface area contributed by atoms with Crippen LogP contribution in [-0.4, -0.2) is 73.7 Å². The van der Waals surface area contributed by atoms with E-state index in [2.05, 4.69) is 15.5 Å². The predicted octanol–water partition coefficient (Wildman–Crippen LogP) is 3.00. The molecule has 1 aliphatic rings. The zero-order valence-electron chi connectivity index (χ0n) is 24.7. The second kappa shape index (κ2) is 15.2. The highest BCUT2D eigenvalue weighted by atomic mass is 32.2. The average Bonchev–Trinajstić information content (AvgIpc) is 2.98. The lowest BCUT2D eigenvalue weighted by Crippen LogP contribution is -2.46. The molecule has 0 saturated carbocycles. The normalized spacial score (nSPS) is 15.5. The number of hydrazine groups is 1. The number of aromatic hydroxyl groups is 1. The summed E-state index contributed by atoms with van der Waals surface area (Å²) in [5.74, 6) is 0.345. The molecule has 242 valence electrons. The Labute approximate surface area is 260 Å². The van der Waals surface area contributed by atoms with Crippen LogP contribution in [0.5, 0.6) is 11.5 Å². The van der Waals surface area contributed by atoms with E-state index in [1.165, 1.54) is 18.2 Å². The van der Waals surface area contributed by atoms with E-state index in [0.29, 0.717) is 19.5 Å². The van der Waals surface area contributed by atoms with E-state index in [-0.39, 0.29) is 53.6 Å². The van der Waals surface area contributed by atoms with Crippen LogP contribution < -0.4 is 25.9 Å². The molecule has 2 unspecified atom stereocenters. The molecule has 0 radical (unpaired) electrons. The lowest BCUT2D eigenvalue weighted by atomic mass is 10.0. The summed E-state index contributed by atoms with van der Waals surface area (Å²) in [6.45, 7) is 1.08. The Bertz CT molecular complexity index is 1610. The minimum absolute atomic E-state index is 0.0253. The van der Waals surface area contributed by atoms with Crippen molar-refractivity contribution in [1.29, 1.82) is 0 Å². The smallest absolute Gasteiger partial charge is 0.229 e. The van der Waals surface area contributed by atoms with Crippen molar-refractivity contribution in [3.05, 3.63) is 83.4 Å². The first-order valence-corrected chi connectivity index (χ1v) is 16.2. The number of nitrogens with zero attached hydrogens (tertiary/aromatic N) is 1. The number of aliphatic hydroxyl groups is 1. The number of nitrogens with one attached hydrogen (secondary N) is 3. The van der Waals surface area contributed by atoms with Gasteiger partial charge in [0.05, 0.1) is 18.0 Å². The van der Waals surface area contributed by atoms with Crippen LogP contribution in [0, 0.1) is 11.6 Å². The van der Waals surface area contributed by atoms with Gasteiger partial charge < -0.3 is 31.4 Å². The summed E-state index contributed by atoms with van der Waals surface area (Å²) in [4.78, 5) is 11.4. The van der Waals surface area contributed by atoms with Crippen LogP contribution in [-0.2, 0) is 21.2 Å². The molecule has 0 aliphatic carbocycles. The fourth-order valence-electron chi connectivity index (χ4n) is 4.98. The lowest BCUT2D eigenvalue weighted by Gasteiger charge is -2.33. The van der Waals surface area contributed by atoms with Gasteiger partial charge in [-0.1, -0.05) is 12.1 Å². The Balaban J connectivity index is 1.19. The molecule has 1 heterocycles. The predicted molar refractivity (Wildman–Crippen MR) is 168 cm³/mol.